The molecule has 1 N–H and O–H groups in total. The number of esters is 1. The van der Waals surface area contributed by atoms with Gasteiger partial charge in [0, 0.05) is 17.6 Å². The minimum atomic E-state index is -0.527. The van der Waals surface area contributed by atoms with Crippen LogP contribution in [0.4, 0.5) is 17.1 Å². The van der Waals surface area contributed by atoms with Crippen LogP contribution >= 0.6 is 15.9 Å². The minimum Gasteiger partial charge on any atom is -0.496 e. The Morgan fingerprint density at radius 1 is 1.08 bits per heavy atom. The molecule has 0 aromatic heterocycles. The summed E-state index contributed by atoms with van der Waals surface area (Å²) in [4.78, 5) is 28.6. The highest BCUT2D eigenvalue weighted by molar-refractivity contribution is 9.10. The Hall–Kier alpha value is -4.03. The Morgan fingerprint density at radius 2 is 1.79 bits per heavy atom. The number of rotatable bonds is 8. The van der Waals surface area contributed by atoms with Crippen LogP contribution in [-0.2, 0) is 16.0 Å². The van der Waals surface area contributed by atoms with Gasteiger partial charge in [-0.15, -0.1) is 0 Å². The zero-order valence-electron chi connectivity index (χ0n) is 22.3. The smallest absolute Gasteiger partial charge is 0.341 e. The molecule has 0 aliphatic carbocycles. The normalized spacial score (nSPS) is 12.8. The number of benzene rings is 3. The summed E-state index contributed by atoms with van der Waals surface area (Å²) in [6.07, 6.45) is 3.42. The van der Waals surface area contributed by atoms with Gasteiger partial charge in [-0.2, -0.15) is 5.26 Å². The zero-order chi connectivity index (χ0) is 27.9. The molecule has 0 radical (unpaired) electrons. The van der Waals surface area contributed by atoms with Gasteiger partial charge in [-0.25, -0.2) is 9.80 Å². The molecule has 0 saturated carbocycles. The van der Waals surface area contributed by atoms with Gasteiger partial charge >= 0.3 is 5.97 Å². The van der Waals surface area contributed by atoms with Crippen LogP contribution in [0.5, 0.6) is 5.75 Å². The topological polar surface area (TPSA) is 94.9 Å². The Morgan fingerprint density at radius 3 is 2.44 bits per heavy atom. The lowest BCUT2D eigenvalue weighted by molar-refractivity contribution is -0.117. The molecule has 1 aliphatic heterocycles. The number of hydrogen-bond donors (Lipinski definition) is 1. The monoisotopic (exact) mass is 590 g/mol. The summed E-state index contributed by atoms with van der Waals surface area (Å²) in [5, 5.41) is 10.8. The van der Waals surface area contributed by atoms with E-state index < -0.39 is 5.97 Å². The summed E-state index contributed by atoms with van der Waals surface area (Å²) in [5.41, 5.74) is 8.15. The van der Waals surface area contributed by atoms with Crippen LogP contribution in [0.3, 0.4) is 0 Å². The van der Waals surface area contributed by atoms with Crippen LogP contribution in [0.25, 0.3) is 0 Å². The zero-order valence-corrected chi connectivity index (χ0v) is 23.9. The lowest BCUT2D eigenvalue weighted by atomic mass is 10.0. The average Bonchev–Trinajstić information content (AvgIpc) is 2.97. The molecule has 4 rings (SSSR count). The van der Waals surface area contributed by atoms with Crippen LogP contribution in [-0.4, -0.2) is 39.2 Å². The van der Waals surface area contributed by atoms with Crippen LogP contribution in [0.1, 0.15) is 46.3 Å². The van der Waals surface area contributed by atoms with Crippen molar-refractivity contribution in [1.29, 1.82) is 5.26 Å². The van der Waals surface area contributed by atoms with Gasteiger partial charge in [0.2, 0.25) is 5.91 Å². The third-order valence-electron chi connectivity index (χ3n) is 6.76. The maximum atomic E-state index is 14.1. The molecule has 3 aromatic carbocycles. The van der Waals surface area contributed by atoms with Crippen molar-refractivity contribution in [2.24, 2.45) is 0 Å². The Balaban J connectivity index is 1.76. The van der Waals surface area contributed by atoms with E-state index in [-0.39, 0.29) is 17.9 Å². The molecule has 0 atom stereocenters. The van der Waals surface area contributed by atoms with Crippen molar-refractivity contribution >= 4 is 44.9 Å². The highest BCUT2D eigenvalue weighted by Gasteiger charge is 2.26. The number of methoxy groups -OCH3 is 2. The number of nitrogens with zero attached hydrogens (tertiary/aromatic N) is 3. The fraction of sp³-hybridized carbons (Fsp3) is 0.300. The number of piperidine rings is 1. The van der Waals surface area contributed by atoms with Crippen molar-refractivity contribution in [1.82, 2.24) is 0 Å². The molecule has 8 nitrogen and oxygen atoms in total. The first kappa shape index (κ1) is 28.0. The number of nitriles is 1. The van der Waals surface area contributed by atoms with Crippen LogP contribution in [0, 0.1) is 18.3 Å². The van der Waals surface area contributed by atoms with Gasteiger partial charge in [-0.3, -0.25) is 10.2 Å². The summed E-state index contributed by atoms with van der Waals surface area (Å²) in [6.45, 7) is 3.84. The molecular formula is C30H31BrN4O4. The number of hydrazine groups is 1. The molecule has 1 fully saturated rings. The van der Waals surface area contributed by atoms with Gasteiger partial charge in [0.1, 0.15) is 11.3 Å². The van der Waals surface area contributed by atoms with Gasteiger partial charge in [0.05, 0.1) is 49.3 Å². The maximum absolute atomic E-state index is 14.1. The van der Waals surface area contributed by atoms with E-state index in [0.717, 1.165) is 42.9 Å². The molecule has 9 heteroatoms. The van der Waals surface area contributed by atoms with Gasteiger partial charge in [-0.1, -0.05) is 28.1 Å². The third-order valence-corrected chi connectivity index (χ3v) is 7.49. The number of hydrogen-bond acceptors (Lipinski definition) is 7. The standard InChI is InChI=1S/C30H31BrN4O4/c1-20-8-7-9-26(34-14-5-4-6-15-34)29(20)35(33-23-12-10-21(19-32)11-13-23)28(36)17-22-16-27(38-2)24(18-25(22)31)30(37)39-3/h7-13,16,18,33H,4-6,14-15,17H2,1-3H3. The molecule has 1 heterocycles. The van der Waals surface area contributed by atoms with Gasteiger partial charge in [-0.05, 0) is 79.8 Å². The molecular weight excluding hydrogens is 560 g/mol. The summed E-state index contributed by atoms with van der Waals surface area (Å²) < 4.78 is 10.9. The number of amides is 1. The van der Waals surface area contributed by atoms with E-state index in [4.69, 9.17) is 9.47 Å². The van der Waals surface area contributed by atoms with E-state index in [1.807, 2.05) is 19.1 Å². The minimum absolute atomic E-state index is 0.0233. The lowest BCUT2D eigenvalue weighted by Crippen LogP contribution is -2.40. The quantitative estimate of drug-likeness (QED) is 0.253. The Bertz CT molecular complexity index is 1400. The number of carbonyl (C=O) groups excluding carboxylic acids is 2. The lowest BCUT2D eigenvalue weighted by Gasteiger charge is -2.35. The van der Waals surface area contributed by atoms with E-state index in [1.54, 1.807) is 41.4 Å². The van der Waals surface area contributed by atoms with Crippen molar-refractivity contribution < 1.29 is 19.1 Å². The number of para-hydroxylation sites is 1. The Labute approximate surface area is 237 Å². The fourth-order valence-electron chi connectivity index (χ4n) is 4.73. The molecule has 3 aromatic rings. The maximum Gasteiger partial charge on any atom is 0.341 e. The van der Waals surface area contributed by atoms with E-state index >= 15 is 0 Å². The first-order valence-corrected chi connectivity index (χ1v) is 13.5. The summed E-state index contributed by atoms with van der Waals surface area (Å²) in [5.74, 6) is -0.412. The van der Waals surface area contributed by atoms with Crippen molar-refractivity contribution in [2.45, 2.75) is 32.6 Å². The fourth-order valence-corrected chi connectivity index (χ4v) is 5.21. The second-order valence-electron chi connectivity index (χ2n) is 9.33. The molecule has 0 unspecified atom stereocenters. The first-order valence-electron chi connectivity index (χ1n) is 12.7. The highest BCUT2D eigenvalue weighted by atomic mass is 79.9. The average molecular weight is 592 g/mol. The third kappa shape index (κ3) is 6.35. The number of ether oxygens (including phenoxy) is 2. The van der Waals surface area contributed by atoms with Crippen molar-refractivity contribution in [3.63, 3.8) is 0 Å². The second-order valence-corrected chi connectivity index (χ2v) is 10.2. The summed E-state index contributed by atoms with van der Waals surface area (Å²) >= 11 is 3.52. The van der Waals surface area contributed by atoms with Gasteiger partial charge < -0.3 is 14.4 Å². The van der Waals surface area contributed by atoms with Crippen LogP contribution in [0.2, 0.25) is 0 Å². The molecule has 1 amide bonds. The summed E-state index contributed by atoms with van der Waals surface area (Å²) in [6, 6.07) is 18.5. The van der Waals surface area contributed by atoms with E-state index in [1.165, 1.54) is 20.6 Å². The first-order chi connectivity index (χ1) is 18.9. The summed E-state index contributed by atoms with van der Waals surface area (Å²) in [7, 11) is 2.78. The molecule has 1 aliphatic rings. The molecule has 1 saturated heterocycles. The Kier molecular flexibility index (Phi) is 9.10. The predicted molar refractivity (Wildman–Crippen MR) is 155 cm³/mol. The molecule has 202 valence electrons. The number of anilines is 3. The largest absolute Gasteiger partial charge is 0.496 e. The SMILES string of the molecule is COC(=O)c1cc(Br)c(CC(=O)N(Nc2ccc(C#N)cc2)c2c(C)cccc2N2CCCCC2)cc1OC. The predicted octanol–water partition coefficient (Wildman–Crippen LogP) is 6.02. The van der Waals surface area contributed by atoms with E-state index in [9.17, 15) is 14.9 Å². The number of halogens is 1. The number of nitrogens with one attached hydrogen (secondary N) is 1. The molecule has 39 heavy (non-hydrogen) atoms. The van der Waals surface area contributed by atoms with Crippen molar-refractivity contribution in [3.05, 3.63) is 81.3 Å². The van der Waals surface area contributed by atoms with Crippen molar-refractivity contribution in [2.75, 3.05) is 42.6 Å². The van der Waals surface area contributed by atoms with Gasteiger partial charge in [0.25, 0.3) is 0 Å². The van der Waals surface area contributed by atoms with Gasteiger partial charge in [0.15, 0.2) is 0 Å². The van der Waals surface area contributed by atoms with Crippen molar-refractivity contribution in [3.8, 4) is 11.8 Å². The van der Waals surface area contributed by atoms with Crippen LogP contribution in [0.15, 0.2) is 59.1 Å². The number of aryl methyl sites for hydroxylation is 1. The number of carbonyl (C=O) groups is 2. The molecule has 0 spiro atoms. The second kappa shape index (κ2) is 12.7. The van der Waals surface area contributed by atoms with E-state index in [2.05, 4.69) is 38.4 Å². The van der Waals surface area contributed by atoms with E-state index in [0.29, 0.717) is 27.0 Å². The highest BCUT2D eigenvalue weighted by Crippen LogP contribution is 2.36. The molecule has 0 bridgehead atoms. The van der Waals surface area contributed by atoms with Crippen LogP contribution < -0.4 is 20.1 Å².